The van der Waals surface area contributed by atoms with Gasteiger partial charge in [-0.25, -0.2) is 4.98 Å². The highest BCUT2D eigenvalue weighted by molar-refractivity contribution is 5.89. The number of hydrogen-bond donors (Lipinski definition) is 3. The number of carbonyl (C=O) groups is 2. The molecule has 80 valence electrons. The van der Waals surface area contributed by atoms with Gasteiger partial charge in [-0.1, -0.05) is 0 Å². The van der Waals surface area contributed by atoms with Crippen LogP contribution in [-0.2, 0) is 16.1 Å². The van der Waals surface area contributed by atoms with Gasteiger partial charge in [0, 0.05) is 0 Å². The predicted octanol–water partition coefficient (Wildman–Crippen LogP) is -0.858. The molecule has 3 N–H and O–H groups in total. The second-order valence-corrected chi connectivity index (χ2v) is 3.44. The van der Waals surface area contributed by atoms with Crippen LogP contribution in [-0.4, -0.2) is 32.2 Å². The summed E-state index contributed by atoms with van der Waals surface area (Å²) in [5, 5.41) is 17.4. The number of aromatic amines is 1. The van der Waals surface area contributed by atoms with Gasteiger partial charge in [-0.2, -0.15) is 5.10 Å². The fourth-order valence-corrected chi connectivity index (χ4v) is 1.38. The highest BCUT2D eigenvalue weighted by Gasteiger charge is 2.48. The Morgan fingerprint density at radius 1 is 1.60 bits per heavy atom. The molecule has 1 aromatic rings. The number of nitrogens with zero attached hydrogens (tertiary/aromatic N) is 2. The van der Waals surface area contributed by atoms with Gasteiger partial charge in [0.15, 0.2) is 0 Å². The molecule has 0 unspecified atom stereocenters. The number of nitrogens with one attached hydrogen (secondary N) is 2. The van der Waals surface area contributed by atoms with Gasteiger partial charge < -0.3 is 10.4 Å². The minimum atomic E-state index is -0.908. The number of H-pyrrole nitrogens is 1. The summed E-state index contributed by atoms with van der Waals surface area (Å²) in [6, 6.07) is 0. The summed E-state index contributed by atoms with van der Waals surface area (Å²) in [6.07, 6.45) is 1.77. The lowest BCUT2D eigenvalue weighted by molar-refractivity contribution is -0.140. The molecule has 0 spiro atoms. The zero-order chi connectivity index (χ0) is 10.8. The Hall–Kier alpha value is -1.92. The van der Waals surface area contributed by atoms with E-state index in [1.807, 2.05) is 0 Å². The lowest BCUT2D eigenvalue weighted by atomic mass is 10.3. The van der Waals surface area contributed by atoms with Crippen LogP contribution in [0.2, 0.25) is 0 Å². The third-order valence-corrected chi connectivity index (χ3v) is 2.34. The summed E-state index contributed by atoms with van der Waals surface area (Å²) in [6.45, 7) is 0.252. The third kappa shape index (κ3) is 2.12. The quantitative estimate of drug-likeness (QED) is 0.599. The Balaban J connectivity index is 1.77. The number of rotatable bonds is 4. The van der Waals surface area contributed by atoms with Crippen LogP contribution < -0.4 is 5.32 Å². The first kappa shape index (κ1) is 9.63. The number of carboxylic acid groups (broad SMARTS) is 1. The molecule has 15 heavy (non-hydrogen) atoms. The van der Waals surface area contributed by atoms with Crippen molar-refractivity contribution < 1.29 is 14.7 Å². The fourth-order valence-electron chi connectivity index (χ4n) is 1.38. The van der Waals surface area contributed by atoms with Crippen LogP contribution in [0.3, 0.4) is 0 Å². The minimum absolute atomic E-state index is 0.237. The maximum Gasteiger partial charge on any atom is 0.307 e. The van der Waals surface area contributed by atoms with Gasteiger partial charge in [-0.15, -0.1) is 0 Å². The van der Waals surface area contributed by atoms with Crippen molar-refractivity contribution in [2.75, 3.05) is 0 Å². The molecule has 0 aromatic carbocycles. The van der Waals surface area contributed by atoms with Crippen LogP contribution in [0.15, 0.2) is 6.33 Å². The molecule has 1 fully saturated rings. The van der Waals surface area contributed by atoms with Gasteiger partial charge >= 0.3 is 5.97 Å². The molecule has 1 aromatic heterocycles. The van der Waals surface area contributed by atoms with Crippen molar-refractivity contribution in [3.8, 4) is 0 Å². The van der Waals surface area contributed by atoms with Crippen LogP contribution in [0.4, 0.5) is 0 Å². The normalized spacial score (nSPS) is 23.5. The van der Waals surface area contributed by atoms with Crippen LogP contribution in [0.25, 0.3) is 0 Å². The molecular weight excluding hydrogens is 200 g/mol. The predicted molar refractivity (Wildman–Crippen MR) is 47.5 cm³/mol. The number of aliphatic carboxylic acids is 1. The van der Waals surface area contributed by atoms with Crippen molar-refractivity contribution in [1.29, 1.82) is 0 Å². The van der Waals surface area contributed by atoms with E-state index in [2.05, 4.69) is 20.5 Å². The number of carboxylic acids is 1. The van der Waals surface area contributed by atoms with E-state index in [0.717, 1.165) is 0 Å². The van der Waals surface area contributed by atoms with Crippen molar-refractivity contribution in [3.05, 3.63) is 12.2 Å². The SMILES string of the molecule is O=C(O)[C@H]1C[C@H]1C(=O)NCc1ncn[nH]1. The first-order valence-electron chi connectivity index (χ1n) is 4.53. The third-order valence-electron chi connectivity index (χ3n) is 2.34. The number of hydrogen-bond acceptors (Lipinski definition) is 4. The van der Waals surface area contributed by atoms with Crippen molar-refractivity contribution in [1.82, 2.24) is 20.5 Å². The second-order valence-electron chi connectivity index (χ2n) is 3.44. The van der Waals surface area contributed by atoms with Crippen molar-refractivity contribution >= 4 is 11.9 Å². The standard InChI is InChI=1S/C8H10N4O3/c13-7(4-1-5(4)8(14)15)9-2-6-10-3-11-12-6/h3-5H,1-2H2,(H,9,13)(H,14,15)(H,10,11,12)/t4-,5+/m1/s1. The van der Waals surface area contributed by atoms with E-state index in [1.54, 1.807) is 0 Å². The van der Waals surface area contributed by atoms with Crippen LogP contribution >= 0.6 is 0 Å². The maximum atomic E-state index is 11.4. The zero-order valence-electron chi connectivity index (χ0n) is 7.80. The summed E-state index contributed by atoms with van der Waals surface area (Å²) < 4.78 is 0. The average molecular weight is 210 g/mol. The lowest BCUT2D eigenvalue weighted by Crippen LogP contribution is -2.26. The molecule has 0 radical (unpaired) electrons. The van der Waals surface area contributed by atoms with Gasteiger partial charge in [0.25, 0.3) is 0 Å². The fraction of sp³-hybridized carbons (Fsp3) is 0.500. The molecular formula is C8H10N4O3. The Labute approximate surface area is 84.9 Å². The van der Waals surface area contributed by atoms with Gasteiger partial charge in [0.2, 0.25) is 5.91 Å². The van der Waals surface area contributed by atoms with Crippen LogP contribution in [0.5, 0.6) is 0 Å². The molecule has 2 atom stereocenters. The number of carbonyl (C=O) groups excluding carboxylic acids is 1. The molecule has 1 amide bonds. The first-order valence-corrected chi connectivity index (χ1v) is 4.53. The van der Waals surface area contributed by atoms with Crippen LogP contribution in [0, 0.1) is 11.8 Å². The van der Waals surface area contributed by atoms with E-state index in [4.69, 9.17) is 5.11 Å². The number of amides is 1. The average Bonchev–Trinajstić information content (AvgIpc) is 2.85. The smallest absolute Gasteiger partial charge is 0.307 e. The highest BCUT2D eigenvalue weighted by Crippen LogP contribution is 2.38. The van der Waals surface area contributed by atoms with E-state index in [1.165, 1.54) is 6.33 Å². The highest BCUT2D eigenvalue weighted by atomic mass is 16.4. The minimum Gasteiger partial charge on any atom is -0.481 e. The largest absolute Gasteiger partial charge is 0.481 e. The van der Waals surface area contributed by atoms with Crippen molar-refractivity contribution in [2.24, 2.45) is 11.8 Å². The number of aromatic nitrogens is 3. The Bertz CT molecular complexity index is 375. The molecule has 1 heterocycles. The van der Waals surface area contributed by atoms with Crippen molar-refractivity contribution in [3.63, 3.8) is 0 Å². The van der Waals surface area contributed by atoms with Gasteiger partial charge in [0.05, 0.1) is 18.4 Å². The topological polar surface area (TPSA) is 108 Å². The Kier molecular flexibility index (Phi) is 2.36. The van der Waals surface area contributed by atoms with Gasteiger partial charge in [-0.3, -0.25) is 14.7 Å². The lowest BCUT2D eigenvalue weighted by Gasteiger charge is -2.00. The zero-order valence-corrected chi connectivity index (χ0v) is 7.80. The molecule has 2 rings (SSSR count). The molecule has 7 heteroatoms. The van der Waals surface area contributed by atoms with Crippen molar-refractivity contribution in [2.45, 2.75) is 13.0 Å². The molecule has 1 aliphatic carbocycles. The molecule has 1 aliphatic rings. The van der Waals surface area contributed by atoms with E-state index in [-0.39, 0.29) is 18.4 Å². The maximum absolute atomic E-state index is 11.4. The van der Waals surface area contributed by atoms with Gasteiger partial charge in [0.1, 0.15) is 12.2 Å². The Morgan fingerprint density at radius 3 is 2.93 bits per heavy atom. The summed E-state index contributed by atoms with van der Waals surface area (Å²) >= 11 is 0. The summed E-state index contributed by atoms with van der Waals surface area (Å²) in [4.78, 5) is 25.7. The molecule has 0 saturated heterocycles. The van der Waals surface area contributed by atoms with E-state index >= 15 is 0 Å². The van der Waals surface area contributed by atoms with E-state index < -0.39 is 11.9 Å². The summed E-state index contributed by atoms with van der Waals surface area (Å²) in [5.74, 6) is -1.49. The first-order chi connectivity index (χ1) is 7.18. The molecule has 0 bridgehead atoms. The Morgan fingerprint density at radius 2 is 2.40 bits per heavy atom. The molecule has 1 saturated carbocycles. The van der Waals surface area contributed by atoms with E-state index in [0.29, 0.717) is 12.2 Å². The summed E-state index contributed by atoms with van der Waals surface area (Å²) in [5.41, 5.74) is 0. The van der Waals surface area contributed by atoms with Crippen LogP contribution in [0.1, 0.15) is 12.2 Å². The van der Waals surface area contributed by atoms with Gasteiger partial charge in [-0.05, 0) is 6.42 Å². The molecule has 7 nitrogen and oxygen atoms in total. The summed E-state index contributed by atoms with van der Waals surface area (Å²) in [7, 11) is 0. The van der Waals surface area contributed by atoms with E-state index in [9.17, 15) is 9.59 Å². The molecule has 0 aliphatic heterocycles. The monoisotopic (exact) mass is 210 g/mol. The second kappa shape index (κ2) is 3.68.